The van der Waals surface area contributed by atoms with Crippen molar-refractivity contribution in [2.45, 2.75) is 51.7 Å². The number of anilines is 2. The van der Waals surface area contributed by atoms with E-state index in [1.165, 1.54) is 30.4 Å². The molecular formula is C34H40ClN7O11S2. The van der Waals surface area contributed by atoms with Crippen molar-refractivity contribution in [3.63, 3.8) is 0 Å². The van der Waals surface area contributed by atoms with Crippen molar-refractivity contribution >= 4 is 81.0 Å². The topological polar surface area (TPSA) is 264 Å². The lowest BCUT2D eigenvalue weighted by Gasteiger charge is -2.40. The van der Waals surface area contributed by atoms with Gasteiger partial charge in [-0.3, -0.25) is 24.7 Å². The number of carboxylic acids is 5. The average Bonchev–Trinajstić information content (AvgIpc) is 3.86. The van der Waals surface area contributed by atoms with Gasteiger partial charge >= 0.3 is 29.8 Å². The lowest BCUT2D eigenvalue weighted by molar-refractivity contribution is -0.137. The van der Waals surface area contributed by atoms with E-state index in [2.05, 4.69) is 43.8 Å². The number of hydrogen-bond donors (Lipinski definition) is 6. The molecule has 3 aromatic heterocycles. The maximum atomic E-state index is 13.0. The first-order valence-corrected chi connectivity index (χ1v) is 18.7. The zero-order valence-electron chi connectivity index (χ0n) is 29.7. The minimum atomic E-state index is -1.26. The number of carbonyl (C=O) groups is 6. The highest BCUT2D eigenvalue weighted by atomic mass is 35.5. The molecule has 6 N–H and O–H groups in total. The Hall–Kier alpha value is -5.28. The first kappa shape index (κ1) is 44.1. The summed E-state index contributed by atoms with van der Waals surface area (Å²) in [5.41, 5.74) is 1.09. The minimum Gasteiger partial charge on any atom is -0.481 e. The first-order valence-electron chi connectivity index (χ1n) is 16.6. The van der Waals surface area contributed by atoms with Crippen LogP contribution in [-0.2, 0) is 30.5 Å². The number of likely N-dealkylation sites (tertiary alicyclic amines) is 1. The average molecular weight is 822 g/mol. The molecule has 0 aliphatic carbocycles. The third-order valence-electron chi connectivity index (χ3n) is 8.07. The summed E-state index contributed by atoms with van der Waals surface area (Å²) >= 11 is 9.24. The molecule has 2 aliphatic rings. The van der Waals surface area contributed by atoms with Gasteiger partial charge in [0.1, 0.15) is 11.5 Å². The Morgan fingerprint density at radius 2 is 1.51 bits per heavy atom. The number of nitrogens with one attached hydrogen (secondary N) is 1. The molecule has 0 saturated carbocycles. The molecule has 21 heteroatoms. The number of piperazine rings is 1. The number of aromatic nitrogens is 3. The molecule has 5 rings (SSSR count). The molecule has 0 bridgehead atoms. The molecule has 5 heterocycles. The Morgan fingerprint density at radius 1 is 0.873 bits per heavy atom. The van der Waals surface area contributed by atoms with E-state index in [0.717, 1.165) is 41.6 Å². The molecule has 55 heavy (non-hydrogen) atoms. The summed E-state index contributed by atoms with van der Waals surface area (Å²) < 4.78 is 0. The van der Waals surface area contributed by atoms with E-state index < -0.39 is 29.8 Å². The highest BCUT2D eigenvalue weighted by Crippen LogP contribution is 2.38. The van der Waals surface area contributed by atoms with Crippen molar-refractivity contribution in [3.05, 3.63) is 63.7 Å². The SMILES string of the molecule is C[C@@H]1CCCN1Cc1sc(NC(=O)c2cnc(N3CCN(CCC(=O)O)[C@@H](C)C3)cn2)nc1-c1cc(Cl)cs1.O=C(O)/C=C\C(=O)O.O=C(O)/C=C\C(=O)O. The van der Waals surface area contributed by atoms with Crippen LogP contribution in [0.5, 0.6) is 0 Å². The number of thiazole rings is 1. The van der Waals surface area contributed by atoms with Crippen LogP contribution in [0.1, 0.15) is 48.5 Å². The molecular weight excluding hydrogens is 782 g/mol. The number of carbonyl (C=O) groups excluding carboxylic acids is 1. The minimum absolute atomic E-state index is 0.133. The second-order valence-corrected chi connectivity index (χ2v) is 14.5. The van der Waals surface area contributed by atoms with Crippen molar-refractivity contribution in [1.29, 1.82) is 0 Å². The van der Waals surface area contributed by atoms with Gasteiger partial charge in [-0.1, -0.05) is 22.9 Å². The second-order valence-electron chi connectivity index (χ2n) is 12.1. The largest absolute Gasteiger partial charge is 0.481 e. The third kappa shape index (κ3) is 15.2. The number of nitrogens with zero attached hydrogens (tertiary/aromatic N) is 6. The number of thiophene rings is 1. The van der Waals surface area contributed by atoms with Gasteiger partial charge in [-0.15, -0.1) is 11.3 Å². The van der Waals surface area contributed by atoms with Gasteiger partial charge in [0.15, 0.2) is 5.13 Å². The lowest BCUT2D eigenvalue weighted by Crippen LogP contribution is -2.52. The zero-order chi connectivity index (χ0) is 40.7. The Kier molecular flexibility index (Phi) is 17.3. The molecule has 0 unspecified atom stereocenters. The van der Waals surface area contributed by atoms with E-state index in [0.29, 0.717) is 59.4 Å². The predicted octanol–water partition coefficient (Wildman–Crippen LogP) is 3.96. The number of amides is 1. The van der Waals surface area contributed by atoms with Crippen LogP contribution in [0.3, 0.4) is 0 Å². The van der Waals surface area contributed by atoms with Crippen LogP contribution in [0, 0.1) is 0 Å². The fourth-order valence-corrected chi connectivity index (χ4v) is 7.53. The quantitative estimate of drug-likeness (QED) is 0.133. The fraction of sp³-hybridized carbons (Fsp3) is 0.382. The van der Waals surface area contributed by atoms with Crippen molar-refractivity contribution < 1.29 is 54.3 Å². The van der Waals surface area contributed by atoms with E-state index in [-0.39, 0.29) is 24.1 Å². The second kappa shape index (κ2) is 21.6. The number of rotatable bonds is 13. The molecule has 2 fully saturated rings. The van der Waals surface area contributed by atoms with Gasteiger partial charge < -0.3 is 30.4 Å². The van der Waals surface area contributed by atoms with Crippen molar-refractivity contribution in [2.24, 2.45) is 0 Å². The summed E-state index contributed by atoms with van der Waals surface area (Å²) in [5, 5.41) is 46.2. The van der Waals surface area contributed by atoms with E-state index in [1.807, 2.05) is 11.4 Å². The summed E-state index contributed by atoms with van der Waals surface area (Å²) in [6, 6.07) is 2.63. The predicted molar refractivity (Wildman–Crippen MR) is 204 cm³/mol. The molecule has 2 aliphatic heterocycles. The van der Waals surface area contributed by atoms with Gasteiger partial charge in [-0.05, 0) is 39.3 Å². The molecule has 2 atom stereocenters. The monoisotopic (exact) mass is 821 g/mol. The highest BCUT2D eigenvalue weighted by Gasteiger charge is 2.27. The fourth-order valence-electron chi connectivity index (χ4n) is 5.38. The Morgan fingerprint density at radius 3 is 1.98 bits per heavy atom. The smallest absolute Gasteiger partial charge is 0.328 e. The van der Waals surface area contributed by atoms with Gasteiger partial charge in [-0.25, -0.2) is 34.1 Å². The van der Waals surface area contributed by atoms with E-state index >= 15 is 0 Å². The van der Waals surface area contributed by atoms with Crippen molar-refractivity contribution in [1.82, 2.24) is 24.8 Å². The van der Waals surface area contributed by atoms with Gasteiger partial charge in [-0.2, -0.15) is 0 Å². The Balaban J connectivity index is 0.000000425. The Bertz CT molecular complexity index is 1820. The highest BCUT2D eigenvalue weighted by molar-refractivity contribution is 7.17. The van der Waals surface area contributed by atoms with Gasteiger partial charge in [0.25, 0.3) is 5.91 Å². The van der Waals surface area contributed by atoms with Crippen LogP contribution in [0.4, 0.5) is 10.9 Å². The van der Waals surface area contributed by atoms with Gasteiger partial charge in [0.2, 0.25) is 0 Å². The molecule has 2 saturated heterocycles. The first-order chi connectivity index (χ1) is 26.0. The summed E-state index contributed by atoms with van der Waals surface area (Å²) in [6.07, 6.45) is 7.86. The summed E-state index contributed by atoms with van der Waals surface area (Å²) in [6.45, 7) is 8.89. The normalized spacial score (nSPS) is 17.3. The van der Waals surface area contributed by atoms with Crippen molar-refractivity contribution in [2.75, 3.05) is 42.9 Å². The maximum Gasteiger partial charge on any atom is 0.328 e. The molecule has 0 radical (unpaired) electrons. The summed E-state index contributed by atoms with van der Waals surface area (Å²) in [5.74, 6) is -5.47. The van der Waals surface area contributed by atoms with E-state index in [4.69, 9.17) is 42.1 Å². The standard InChI is InChI=1S/C26H32ClN7O3S2.2C4H4O4/c1-16-4-3-6-33(16)14-21-24(20-10-18(27)15-38-20)30-26(39-21)31-25(37)19-11-29-22(12-28-19)34-9-8-32(17(2)13-34)7-5-23(35)36;2*5-3(6)1-2-4(7)8/h10-12,15-17H,3-9,13-14H2,1-2H3,(H,35,36)(H,30,31,37);2*1-2H,(H,5,6)(H,7,8)/b;2*2-1-/t16-,17+;;/m1../s1. The summed E-state index contributed by atoms with van der Waals surface area (Å²) in [7, 11) is 0. The third-order valence-corrected chi connectivity index (χ3v) is 10.3. The Labute approximate surface area is 328 Å². The van der Waals surface area contributed by atoms with Crippen LogP contribution in [-0.4, -0.2) is 131 Å². The molecule has 3 aromatic rings. The molecule has 0 aromatic carbocycles. The van der Waals surface area contributed by atoms with Crippen LogP contribution in [0.2, 0.25) is 5.02 Å². The van der Waals surface area contributed by atoms with Crippen LogP contribution in [0.25, 0.3) is 10.6 Å². The zero-order valence-corrected chi connectivity index (χ0v) is 32.1. The maximum absolute atomic E-state index is 13.0. The van der Waals surface area contributed by atoms with Crippen LogP contribution >= 0.6 is 34.3 Å². The van der Waals surface area contributed by atoms with Crippen LogP contribution < -0.4 is 10.2 Å². The molecule has 296 valence electrons. The number of carboxylic acid groups (broad SMARTS) is 5. The molecule has 0 spiro atoms. The van der Waals surface area contributed by atoms with E-state index in [9.17, 15) is 28.8 Å². The van der Waals surface area contributed by atoms with Gasteiger partial charge in [0.05, 0.1) is 34.4 Å². The molecule has 1 amide bonds. The molecule has 18 nitrogen and oxygen atoms in total. The van der Waals surface area contributed by atoms with Gasteiger partial charge in [0, 0.05) is 79.4 Å². The number of hydrogen-bond acceptors (Lipinski definition) is 14. The lowest BCUT2D eigenvalue weighted by atomic mass is 10.2. The van der Waals surface area contributed by atoms with Crippen molar-refractivity contribution in [3.8, 4) is 10.6 Å². The number of halogens is 1. The van der Waals surface area contributed by atoms with Crippen LogP contribution in [0.15, 0.2) is 48.1 Å². The summed E-state index contributed by atoms with van der Waals surface area (Å²) in [4.78, 5) is 84.6. The van der Waals surface area contributed by atoms with E-state index in [1.54, 1.807) is 17.5 Å². The number of aliphatic carboxylic acids is 5.